The molecule has 6 heteroatoms. The Bertz CT molecular complexity index is 1160. The zero-order valence-electron chi connectivity index (χ0n) is 22.7. The van der Waals surface area contributed by atoms with Crippen LogP contribution in [0.25, 0.3) is 11.4 Å². The van der Waals surface area contributed by atoms with Gasteiger partial charge in [0.25, 0.3) is 0 Å². The van der Waals surface area contributed by atoms with Gasteiger partial charge in [-0.05, 0) is 55.4 Å². The smallest absolute Gasteiger partial charge is 0.398 e. The van der Waals surface area contributed by atoms with Crippen LogP contribution in [0.3, 0.4) is 0 Å². The van der Waals surface area contributed by atoms with Gasteiger partial charge in [-0.1, -0.05) is 94.1 Å². The third kappa shape index (κ3) is 9.33. The molecule has 4 N–H and O–H groups in total. The average Bonchev–Trinajstić information content (AvgIpc) is 3.18. The molecule has 0 spiro atoms. The molecule has 0 unspecified atom stereocenters. The number of allylic oxidation sites excluding steroid dienone is 6. The van der Waals surface area contributed by atoms with Crippen LogP contribution in [0, 0.1) is 0 Å². The summed E-state index contributed by atoms with van der Waals surface area (Å²) in [6.45, 7) is 11.1. The van der Waals surface area contributed by atoms with Crippen molar-refractivity contribution in [3.63, 3.8) is 0 Å². The van der Waals surface area contributed by atoms with Crippen LogP contribution in [0.1, 0.15) is 64.0 Å². The fourth-order valence-electron chi connectivity index (χ4n) is 4.02. The van der Waals surface area contributed by atoms with E-state index in [9.17, 15) is 13.2 Å². The molecule has 3 rings (SSSR count). The number of para-hydroxylation sites is 1. The number of benzene rings is 2. The highest BCUT2D eigenvalue weighted by atomic mass is 19.4. The van der Waals surface area contributed by atoms with Gasteiger partial charge in [0.05, 0.1) is 5.57 Å². The van der Waals surface area contributed by atoms with Gasteiger partial charge in [-0.2, -0.15) is 13.2 Å². The average molecular weight is 524 g/mol. The molecule has 2 aromatic rings. The molecule has 0 saturated heterocycles. The van der Waals surface area contributed by atoms with Crippen molar-refractivity contribution in [3.05, 3.63) is 113 Å². The van der Waals surface area contributed by atoms with Crippen molar-refractivity contribution >= 4 is 17.1 Å². The van der Waals surface area contributed by atoms with E-state index in [4.69, 9.17) is 5.73 Å². The Labute approximate surface area is 225 Å². The van der Waals surface area contributed by atoms with Crippen molar-refractivity contribution < 1.29 is 13.2 Å². The van der Waals surface area contributed by atoms with E-state index in [2.05, 4.69) is 24.1 Å². The van der Waals surface area contributed by atoms with Crippen molar-refractivity contribution in [2.24, 2.45) is 5.73 Å². The van der Waals surface area contributed by atoms with E-state index >= 15 is 0 Å². The zero-order valence-corrected chi connectivity index (χ0v) is 22.7. The highest BCUT2D eigenvalue weighted by molar-refractivity contribution is 5.76. The molecule has 1 aliphatic carbocycles. The van der Waals surface area contributed by atoms with E-state index in [0.29, 0.717) is 36.4 Å². The van der Waals surface area contributed by atoms with Gasteiger partial charge >= 0.3 is 6.18 Å². The minimum absolute atomic E-state index is 0.120. The van der Waals surface area contributed by atoms with Gasteiger partial charge in [0.15, 0.2) is 0 Å². The summed E-state index contributed by atoms with van der Waals surface area (Å²) in [5, 5.41) is 6.70. The number of nitrogens with two attached hydrogens (primary N) is 1. The van der Waals surface area contributed by atoms with Crippen molar-refractivity contribution in [2.45, 2.75) is 59.1 Å². The molecule has 0 aliphatic heterocycles. The Balaban J connectivity index is 0.00000247. The van der Waals surface area contributed by atoms with Crippen LogP contribution in [0.2, 0.25) is 0 Å². The molecule has 0 amide bonds. The first-order chi connectivity index (χ1) is 18.3. The second-order valence-electron chi connectivity index (χ2n) is 8.68. The molecule has 2 aromatic carbocycles. The van der Waals surface area contributed by atoms with Gasteiger partial charge < -0.3 is 16.4 Å². The first-order valence-electron chi connectivity index (χ1n) is 13.3. The first kappa shape index (κ1) is 30.6. The van der Waals surface area contributed by atoms with Crippen LogP contribution in [0.4, 0.5) is 18.9 Å². The lowest BCUT2D eigenvalue weighted by atomic mass is 10.0. The summed E-state index contributed by atoms with van der Waals surface area (Å²) in [5.41, 5.74) is 10.4. The van der Waals surface area contributed by atoms with Crippen molar-refractivity contribution in [1.82, 2.24) is 5.32 Å². The van der Waals surface area contributed by atoms with E-state index in [1.165, 1.54) is 6.08 Å². The molecule has 38 heavy (non-hydrogen) atoms. The fourth-order valence-corrected chi connectivity index (χ4v) is 4.02. The Morgan fingerprint density at radius 1 is 1.00 bits per heavy atom. The van der Waals surface area contributed by atoms with E-state index in [1.54, 1.807) is 18.2 Å². The molecule has 0 aromatic heterocycles. The van der Waals surface area contributed by atoms with Gasteiger partial charge in [-0.15, -0.1) is 0 Å². The topological polar surface area (TPSA) is 50.1 Å². The number of rotatable bonds is 10. The molecule has 0 radical (unpaired) electrons. The monoisotopic (exact) mass is 523 g/mol. The number of alkyl halides is 3. The molecule has 0 heterocycles. The molecule has 1 aliphatic rings. The maximum absolute atomic E-state index is 13.7. The lowest BCUT2D eigenvalue weighted by molar-refractivity contribution is -0.0896. The summed E-state index contributed by atoms with van der Waals surface area (Å²) in [4.78, 5) is 0. The summed E-state index contributed by atoms with van der Waals surface area (Å²) >= 11 is 0. The van der Waals surface area contributed by atoms with Gasteiger partial charge in [-0.3, -0.25) is 0 Å². The first-order valence-corrected chi connectivity index (χ1v) is 13.3. The third-order valence-electron chi connectivity index (χ3n) is 5.87. The molecule has 0 atom stereocenters. The van der Waals surface area contributed by atoms with E-state index in [0.717, 1.165) is 29.8 Å². The lowest BCUT2D eigenvalue weighted by Gasteiger charge is -2.17. The number of hydrogen-bond acceptors (Lipinski definition) is 3. The number of anilines is 1. The third-order valence-corrected chi connectivity index (χ3v) is 5.87. The largest absolute Gasteiger partial charge is 0.416 e. The van der Waals surface area contributed by atoms with Gasteiger partial charge in [-0.25, -0.2) is 0 Å². The maximum Gasteiger partial charge on any atom is 0.416 e. The van der Waals surface area contributed by atoms with E-state index < -0.39 is 11.7 Å². The quantitative estimate of drug-likeness (QED) is 0.272. The second kappa shape index (κ2) is 15.6. The number of nitrogens with one attached hydrogen (secondary N) is 2. The molecule has 3 nitrogen and oxygen atoms in total. The van der Waals surface area contributed by atoms with Gasteiger partial charge in [0.1, 0.15) is 0 Å². The normalized spacial score (nSPS) is 14.4. The summed E-state index contributed by atoms with van der Waals surface area (Å²) in [6, 6.07) is 17.3. The highest BCUT2D eigenvalue weighted by Gasteiger charge is 2.35. The van der Waals surface area contributed by atoms with E-state index in [1.807, 2.05) is 68.4 Å². The molecular formula is C32H40F3N3. The zero-order chi connectivity index (χ0) is 28.0. The Morgan fingerprint density at radius 3 is 2.34 bits per heavy atom. The minimum Gasteiger partial charge on any atom is -0.398 e. The van der Waals surface area contributed by atoms with Crippen LogP contribution in [0.15, 0.2) is 102 Å². The second-order valence-corrected chi connectivity index (χ2v) is 8.68. The standard InChI is InChI=1S/C30H34F3N3.C2H6/c1-3-20-35-29-17-11-10-15-26(29)22(2)36-25(21-28(34)24-13-7-4-8-14-24)19-18-23-12-6-5-9-16-27(23)30(31,32)33;1-2/h4,7-8,10-17,19,21,35-36H,2-3,5-6,9,18,20,34H2,1H3;1-2H3/b25-19+,28-21-;. The van der Waals surface area contributed by atoms with Crippen LogP contribution in [0.5, 0.6) is 0 Å². The SMILES string of the molecule is C=C(NC(/C=C(\N)c1ccccc1)=C/CC1=CCCCC=C1C(F)(F)F)c1ccccc1NCCC.CC. The van der Waals surface area contributed by atoms with Crippen LogP contribution in [-0.4, -0.2) is 12.7 Å². The Morgan fingerprint density at radius 2 is 1.66 bits per heavy atom. The molecule has 0 bridgehead atoms. The Kier molecular flexibility index (Phi) is 12.5. The molecular weight excluding hydrogens is 483 g/mol. The number of hydrogen-bond donors (Lipinski definition) is 3. The minimum atomic E-state index is -4.38. The van der Waals surface area contributed by atoms with Crippen molar-refractivity contribution in [1.29, 1.82) is 0 Å². The molecule has 204 valence electrons. The van der Waals surface area contributed by atoms with Crippen molar-refractivity contribution in [3.8, 4) is 0 Å². The lowest BCUT2D eigenvalue weighted by Crippen LogP contribution is -2.15. The van der Waals surface area contributed by atoms with E-state index in [-0.39, 0.29) is 12.0 Å². The van der Waals surface area contributed by atoms with Gasteiger partial charge in [0.2, 0.25) is 0 Å². The predicted molar refractivity (Wildman–Crippen MR) is 156 cm³/mol. The van der Waals surface area contributed by atoms with Crippen LogP contribution in [-0.2, 0) is 0 Å². The van der Waals surface area contributed by atoms with Crippen LogP contribution >= 0.6 is 0 Å². The van der Waals surface area contributed by atoms with Crippen molar-refractivity contribution in [2.75, 3.05) is 11.9 Å². The number of halogens is 3. The summed E-state index contributed by atoms with van der Waals surface area (Å²) in [7, 11) is 0. The Hall–Kier alpha value is -3.67. The maximum atomic E-state index is 13.7. The van der Waals surface area contributed by atoms with Crippen LogP contribution < -0.4 is 16.4 Å². The summed E-state index contributed by atoms with van der Waals surface area (Å²) in [6.07, 6.45) is 4.95. The predicted octanol–water partition coefficient (Wildman–Crippen LogP) is 8.97. The molecule has 0 fully saturated rings. The highest BCUT2D eigenvalue weighted by Crippen LogP contribution is 2.35. The summed E-state index contributed by atoms with van der Waals surface area (Å²) in [5.74, 6) is 0. The summed E-state index contributed by atoms with van der Waals surface area (Å²) < 4.78 is 41.1. The fraction of sp³-hybridized carbons (Fsp3) is 0.312. The van der Waals surface area contributed by atoms with Gasteiger partial charge in [0, 0.05) is 34.9 Å². The molecule has 0 saturated carbocycles.